The summed E-state index contributed by atoms with van der Waals surface area (Å²) in [5.41, 5.74) is 1.15. The van der Waals surface area contributed by atoms with Crippen LogP contribution in [-0.4, -0.2) is 24.8 Å². The summed E-state index contributed by atoms with van der Waals surface area (Å²) >= 11 is 0. The summed E-state index contributed by atoms with van der Waals surface area (Å²) in [4.78, 5) is 16.9. The number of oxime groups is 1. The topological polar surface area (TPSA) is 50.7 Å². The lowest BCUT2D eigenvalue weighted by Crippen LogP contribution is -2.24. The van der Waals surface area contributed by atoms with Gasteiger partial charge in [-0.3, -0.25) is 4.79 Å². The molecule has 1 rings (SSSR count). The van der Waals surface area contributed by atoms with Crippen molar-refractivity contribution in [1.82, 2.24) is 5.32 Å². The first-order valence-corrected chi connectivity index (χ1v) is 8.77. The van der Waals surface area contributed by atoms with E-state index in [4.69, 9.17) is 4.84 Å². The third-order valence-corrected chi connectivity index (χ3v) is 3.91. The van der Waals surface area contributed by atoms with Crippen molar-refractivity contribution in [3.63, 3.8) is 0 Å². The summed E-state index contributed by atoms with van der Waals surface area (Å²) in [5, 5.41) is 7.23. The van der Waals surface area contributed by atoms with Gasteiger partial charge in [0.2, 0.25) is 5.91 Å². The highest BCUT2D eigenvalue weighted by Gasteiger charge is 2.05. The lowest BCUT2D eigenvalue weighted by molar-refractivity contribution is -0.121. The van der Waals surface area contributed by atoms with Crippen LogP contribution >= 0.6 is 0 Å². The van der Waals surface area contributed by atoms with Crippen LogP contribution in [0.2, 0.25) is 0 Å². The molecule has 0 bridgehead atoms. The molecule has 0 aromatic heterocycles. The van der Waals surface area contributed by atoms with Crippen LogP contribution in [-0.2, 0) is 9.63 Å². The fourth-order valence-electron chi connectivity index (χ4n) is 2.66. The number of hydrogen-bond donors (Lipinski definition) is 1. The summed E-state index contributed by atoms with van der Waals surface area (Å²) in [6, 6.07) is 0. The number of rotatable bonds is 2. The summed E-state index contributed by atoms with van der Waals surface area (Å²) in [7, 11) is 0. The minimum Gasteiger partial charge on any atom is -0.396 e. The molecule has 0 atom stereocenters. The zero-order chi connectivity index (χ0) is 15.2. The SMILES string of the molecule is CCO/N=C1\CCCCCCCCCCC(=O)NCCC1. The van der Waals surface area contributed by atoms with Crippen LogP contribution in [0.5, 0.6) is 0 Å². The molecule has 1 heterocycles. The van der Waals surface area contributed by atoms with E-state index in [9.17, 15) is 4.79 Å². The molecule has 0 radical (unpaired) electrons. The number of nitrogens with one attached hydrogen (secondary N) is 1. The molecule has 1 aliphatic rings. The molecule has 4 nitrogen and oxygen atoms in total. The van der Waals surface area contributed by atoms with E-state index >= 15 is 0 Å². The maximum absolute atomic E-state index is 11.7. The molecule has 1 saturated heterocycles. The van der Waals surface area contributed by atoms with Crippen LogP contribution in [0, 0.1) is 0 Å². The van der Waals surface area contributed by atoms with Crippen LogP contribution in [0.1, 0.15) is 84.0 Å². The molecule has 0 aliphatic carbocycles. The molecule has 0 aromatic carbocycles. The van der Waals surface area contributed by atoms with Gasteiger partial charge in [0, 0.05) is 13.0 Å². The van der Waals surface area contributed by atoms with Crippen LogP contribution in [0.3, 0.4) is 0 Å². The average molecular weight is 296 g/mol. The van der Waals surface area contributed by atoms with Crippen LogP contribution in [0.15, 0.2) is 5.16 Å². The molecular formula is C17H32N2O2. The molecule has 0 unspecified atom stereocenters. The molecular weight excluding hydrogens is 264 g/mol. The summed E-state index contributed by atoms with van der Waals surface area (Å²) < 4.78 is 0. The largest absolute Gasteiger partial charge is 0.396 e. The van der Waals surface area contributed by atoms with Gasteiger partial charge in [-0.05, 0) is 39.0 Å². The van der Waals surface area contributed by atoms with Gasteiger partial charge in [-0.2, -0.15) is 0 Å². The molecule has 0 saturated carbocycles. The highest BCUT2D eigenvalue weighted by molar-refractivity contribution is 5.84. The van der Waals surface area contributed by atoms with Crippen LogP contribution < -0.4 is 5.32 Å². The van der Waals surface area contributed by atoms with Crippen LogP contribution in [0.4, 0.5) is 0 Å². The van der Waals surface area contributed by atoms with Crippen molar-refractivity contribution in [1.29, 1.82) is 0 Å². The van der Waals surface area contributed by atoms with Gasteiger partial charge < -0.3 is 10.2 Å². The summed E-state index contributed by atoms with van der Waals surface area (Å²) in [6.07, 6.45) is 13.5. The Morgan fingerprint density at radius 2 is 1.48 bits per heavy atom. The van der Waals surface area contributed by atoms with E-state index in [1.807, 2.05) is 6.92 Å². The Kier molecular flexibility index (Phi) is 10.8. The monoisotopic (exact) mass is 296 g/mol. The minimum absolute atomic E-state index is 0.199. The van der Waals surface area contributed by atoms with E-state index in [0.29, 0.717) is 13.0 Å². The summed E-state index contributed by atoms with van der Waals surface area (Å²) in [6.45, 7) is 3.34. The second-order valence-electron chi connectivity index (χ2n) is 5.86. The Balaban J connectivity index is 2.37. The average Bonchev–Trinajstić information content (AvgIpc) is 2.48. The predicted octanol–water partition coefficient (Wildman–Crippen LogP) is 4.19. The normalized spacial score (nSPS) is 22.7. The third kappa shape index (κ3) is 10.3. The molecule has 0 aromatic rings. The molecule has 1 amide bonds. The van der Waals surface area contributed by atoms with Gasteiger partial charge in [-0.25, -0.2) is 0 Å². The smallest absolute Gasteiger partial charge is 0.219 e. The van der Waals surface area contributed by atoms with Gasteiger partial charge in [-0.1, -0.05) is 43.7 Å². The van der Waals surface area contributed by atoms with Gasteiger partial charge in [0.1, 0.15) is 6.61 Å². The van der Waals surface area contributed by atoms with Crippen molar-refractivity contribution in [3.05, 3.63) is 0 Å². The van der Waals surface area contributed by atoms with E-state index in [-0.39, 0.29) is 5.91 Å². The fourth-order valence-corrected chi connectivity index (χ4v) is 2.66. The van der Waals surface area contributed by atoms with E-state index in [2.05, 4.69) is 10.5 Å². The lowest BCUT2D eigenvalue weighted by atomic mass is 10.0. The quantitative estimate of drug-likeness (QED) is 0.777. The second-order valence-corrected chi connectivity index (χ2v) is 5.86. The van der Waals surface area contributed by atoms with E-state index < -0.39 is 0 Å². The van der Waals surface area contributed by atoms with Crippen LogP contribution in [0.25, 0.3) is 0 Å². The zero-order valence-corrected chi connectivity index (χ0v) is 13.7. The van der Waals surface area contributed by atoms with Crippen molar-refractivity contribution in [2.45, 2.75) is 84.0 Å². The van der Waals surface area contributed by atoms with E-state index in [1.54, 1.807) is 0 Å². The van der Waals surface area contributed by atoms with Gasteiger partial charge in [0.05, 0.1) is 5.71 Å². The molecule has 1 N–H and O–H groups in total. The van der Waals surface area contributed by atoms with E-state index in [1.165, 1.54) is 44.9 Å². The summed E-state index contributed by atoms with van der Waals surface area (Å²) in [5.74, 6) is 0.199. The predicted molar refractivity (Wildman–Crippen MR) is 87.5 cm³/mol. The number of amides is 1. The standard InChI is InChI=1S/C17H32N2O2/c1-2-21-19-16-12-9-7-5-3-4-6-8-10-14-17(20)18-15-11-13-16/h2-15H2,1H3,(H,18,20)/b19-16+. The first kappa shape index (κ1) is 18.0. The zero-order valence-electron chi connectivity index (χ0n) is 13.7. The minimum atomic E-state index is 0.199. The molecule has 0 spiro atoms. The Hall–Kier alpha value is -1.06. The van der Waals surface area contributed by atoms with Gasteiger partial charge in [-0.15, -0.1) is 0 Å². The Labute approximate surface area is 129 Å². The number of hydrogen-bond acceptors (Lipinski definition) is 3. The highest BCUT2D eigenvalue weighted by atomic mass is 16.6. The van der Waals surface area contributed by atoms with Crippen molar-refractivity contribution in [2.24, 2.45) is 5.16 Å². The van der Waals surface area contributed by atoms with Gasteiger partial charge >= 0.3 is 0 Å². The molecule has 1 fully saturated rings. The Morgan fingerprint density at radius 1 is 0.905 bits per heavy atom. The second kappa shape index (κ2) is 12.7. The fraction of sp³-hybridized carbons (Fsp3) is 0.882. The van der Waals surface area contributed by atoms with E-state index in [0.717, 1.165) is 37.9 Å². The first-order valence-electron chi connectivity index (χ1n) is 8.77. The lowest BCUT2D eigenvalue weighted by Gasteiger charge is -2.09. The third-order valence-electron chi connectivity index (χ3n) is 3.91. The van der Waals surface area contributed by atoms with Crippen molar-refractivity contribution >= 4 is 11.6 Å². The molecule has 1 aliphatic heterocycles. The number of carbonyl (C=O) groups excluding carboxylic acids is 1. The van der Waals surface area contributed by atoms with Crippen molar-refractivity contribution in [3.8, 4) is 0 Å². The maximum Gasteiger partial charge on any atom is 0.219 e. The first-order chi connectivity index (χ1) is 10.3. The maximum atomic E-state index is 11.7. The van der Waals surface area contributed by atoms with Crippen molar-refractivity contribution < 1.29 is 9.63 Å². The van der Waals surface area contributed by atoms with Gasteiger partial charge in [0.25, 0.3) is 0 Å². The van der Waals surface area contributed by atoms with Crippen molar-refractivity contribution in [2.75, 3.05) is 13.2 Å². The Bertz CT molecular complexity index is 303. The molecule has 21 heavy (non-hydrogen) atoms. The molecule has 4 heteroatoms. The molecule has 122 valence electrons. The Morgan fingerprint density at radius 3 is 2.14 bits per heavy atom. The highest BCUT2D eigenvalue weighted by Crippen LogP contribution is 2.12. The van der Waals surface area contributed by atoms with Gasteiger partial charge in [0.15, 0.2) is 0 Å². The number of nitrogens with zero attached hydrogens (tertiary/aromatic N) is 1. The number of carbonyl (C=O) groups is 1.